The summed E-state index contributed by atoms with van der Waals surface area (Å²) in [4.78, 5) is 11.4. The van der Waals surface area contributed by atoms with E-state index in [0.29, 0.717) is 0 Å². The van der Waals surface area contributed by atoms with Gasteiger partial charge in [-0.2, -0.15) is 0 Å². The van der Waals surface area contributed by atoms with E-state index in [9.17, 15) is 9.18 Å². The van der Waals surface area contributed by atoms with Crippen LogP contribution in [-0.4, -0.2) is 23.7 Å². The largest absolute Gasteiger partial charge is 0.392 e. The third-order valence-electron chi connectivity index (χ3n) is 1.99. The summed E-state index contributed by atoms with van der Waals surface area (Å²) in [6.07, 6.45) is -0.752. The Morgan fingerprint density at radius 2 is 2.31 bits per heavy atom. The first-order chi connectivity index (χ1) is 7.50. The zero-order chi connectivity index (χ0) is 12.1. The molecule has 1 atom stereocenters. The first-order valence-electron chi connectivity index (χ1n) is 4.88. The summed E-state index contributed by atoms with van der Waals surface area (Å²) in [5, 5.41) is 11.7. The summed E-state index contributed by atoms with van der Waals surface area (Å²) in [6.45, 7) is 1.70. The van der Waals surface area contributed by atoms with E-state index >= 15 is 0 Å². The van der Waals surface area contributed by atoms with E-state index in [1.54, 1.807) is 6.92 Å². The van der Waals surface area contributed by atoms with Gasteiger partial charge in [-0.05, 0) is 19.1 Å². The van der Waals surface area contributed by atoms with Gasteiger partial charge in [0.2, 0.25) is 5.91 Å². The minimum atomic E-state index is -0.625. The molecule has 0 fully saturated rings. The van der Waals surface area contributed by atoms with Crippen molar-refractivity contribution < 1.29 is 14.3 Å². The lowest BCUT2D eigenvalue weighted by atomic mass is 10.1. The maximum atomic E-state index is 13.3. The number of aliphatic hydroxyl groups excluding tert-OH is 1. The normalized spacial score (nSPS) is 12.2. The second-order valence-corrected chi connectivity index (χ2v) is 3.94. The average molecular weight is 246 g/mol. The molecule has 0 aromatic heterocycles. The molecule has 0 saturated heterocycles. The molecule has 2 N–H and O–H groups in total. The van der Waals surface area contributed by atoms with Crippen LogP contribution in [0.1, 0.15) is 12.5 Å². The molecule has 1 aromatic rings. The molecular weight excluding hydrogens is 233 g/mol. The third-order valence-corrected chi connectivity index (χ3v) is 2.35. The Kier molecular flexibility index (Phi) is 4.71. The van der Waals surface area contributed by atoms with Crippen LogP contribution in [0.4, 0.5) is 4.39 Å². The number of carbonyl (C=O) groups is 1. The molecule has 0 aliphatic heterocycles. The Morgan fingerprint density at radius 1 is 1.62 bits per heavy atom. The molecule has 1 rings (SSSR count). The second kappa shape index (κ2) is 5.82. The highest BCUT2D eigenvalue weighted by Crippen LogP contribution is 2.19. The van der Waals surface area contributed by atoms with Crippen molar-refractivity contribution in [2.24, 2.45) is 0 Å². The molecule has 0 heterocycles. The van der Waals surface area contributed by atoms with Crippen LogP contribution in [0.15, 0.2) is 18.2 Å². The summed E-state index contributed by atoms with van der Waals surface area (Å²) in [5.74, 6) is -0.868. The molecule has 0 aliphatic carbocycles. The molecule has 0 bridgehead atoms. The highest BCUT2D eigenvalue weighted by molar-refractivity contribution is 6.31. The maximum absolute atomic E-state index is 13.3. The number of aliphatic hydroxyl groups is 1. The number of hydrogen-bond acceptors (Lipinski definition) is 2. The van der Waals surface area contributed by atoms with Crippen LogP contribution in [0.25, 0.3) is 0 Å². The van der Waals surface area contributed by atoms with Crippen LogP contribution >= 0.6 is 11.6 Å². The smallest absolute Gasteiger partial charge is 0.224 e. The minimum Gasteiger partial charge on any atom is -0.392 e. The molecule has 16 heavy (non-hydrogen) atoms. The van der Waals surface area contributed by atoms with Crippen LogP contribution in [0, 0.1) is 5.82 Å². The maximum Gasteiger partial charge on any atom is 0.224 e. The summed E-state index contributed by atoms with van der Waals surface area (Å²) >= 11 is 5.77. The number of rotatable bonds is 4. The molecule has 0 aliphatic rings. The molecule has 1 unspecified atom stereocenters. The highest BCUT2D eigenvalue weighted by atomic mass is 35.5. The topological polar surface area (TPSA) is 49.3 Å². The van der Waals surface area contributed by atoms with Crippen molar-refractivity contribution in [2.75, 3.05) is 6.54 Å². The predicted molar refractivity (Wildman–Crippen MR) is 59.8 cm³/mol. The fourth-order valence-corrected chi connectivity index (χ4v) is 1.42. The van der Waals surface area contributed by atoms with Gasteiger partial charge in [-0.1, -0.05) is 17.7 Å². The van der Waals surface area contributed by atoms with Crippen LogP contribution in [-0.2, 0) is 11.2 Å². The Labute approximate surface area is 98.2 Å². The van der Waals surface area contributed by atoms with Gasteiger partial charge in [-0.3, -0.25) is 4.79 Å². The standard InChI is InChI=1S/C11H13ClFNO2/c1-7(15)6-14-11(16)5-8-9(12)3-2-4-10(8)13/h2-4,7,15H,5-6H2,1H3,(H,14,16). The van der Waals surface area contributed by atoms with E-state index in [1.807, 2.05) is 0 Å². The van der Waals surface area contributed by atoms with Crippen molar-refractivity contribution in [1.82, 2.24) is 5.32 Å². The zero-order valence-electron chi connectivity index (χ0n) is 8.84. The quantitative estimate of drug-likeness (QED) is 0.845. The van der Waals surface area contributed by atoms with E-state index in [0.717, 1.165) is 0 Å². The van der Waals surface area contributed by atoms with E-state index in [2.05, 4.69) is 5.32 Å². The number of amides is 1. The van der Waals surface area contributed by atoms with Crippen molar-refractivity contribution in [3.05, 3.63) is 34.6 Å². The van der Waals surface area contributed by atoms with Gasteiger partial charge >= 0.3 is 0 Å². The van der Waals surface area contributed by atoms with Gasteiger partial charge in [-0.25, -0.2) is 4.39 Å². The lowest BCUT2D eigenvalue weighted by Crippen LogP contribution is -2.31. The van der Waals surface area contributed by atoms with Crippen LogP contribution in [0.2, 0.25) is 5.02 Å². The molecule has 0 saturated carbocycles. The van der Waals surface area contributed by atoms with Crippen LogP contribution in [0.5, 0.6) is 0 Å². The summed E-state index contributed by atoms with van der Waals surface area (Å²) in [5.41, 5.74) is 0.173. The molecular formula is C11H13ClFNO2. The third kappa shape index (κ3) is 3.79. The lowest BCUT2D eigenvalue weighted by molar-refractivity contribution is -0.120. The van der Waals surface area contributed by atoms with Crippen molar-refractivity contribution in [1.29, 1.82) is 0 Å². The zero-order valence-corrected chi connectivity index (χ0v) is 9.59. The van der Waals surface area contributed by atoms with Gasteiger partial charge in [0.05, 0.1) is 12.5 Å². The SMILES string of the molecule is CC(O)CNC(=O)Cc1c(F)cccc1Cl. The summed E-state index contributed by atoms with van der Waals surface area (Å²) in [6, 6.07) is 4.26. The van der Waals surface area contributed by atoms with Gasteiger partial charge in [0, 0.05) is 17.1 Å². The fraction of sp³-hybridized carbons (Fsp3) is 0.364. The Balaban J connectivity index is 2.63. The van der Waals surface area contributed by atoms with E-state index in [4.69, 9.17) is 16.7 Å². The minimum absolute atomic E-state index is 0.127. The predicted octanol–water partition coefficient (Wildman–Crippen LogP) is 1.52. The average Bonchev–Trinajstić information content (AvgIpc) is 2.21. The summed E-state index contributed by atoms with van der Waals surface area (Å²) < 4.78 is 13.3. The van der Waals surface area contributed by atoms with Gasteiger partial charge in [0.15, 0.2) is 0 Å². The molecule has 1 aromatic carbocycles. The first kappa shape index (κ1) is 12.9. The Bertz CT molecular complexity index is 362. The van der Waals surface area contributed by atoms with E-state index in [-0.39, 0.29) is 29.5 Å². The Hall–Kier alpha value is -1.13. The number of benzene rings is 1. The van der Waals surface area contributed by atoms with E-state index in [1.165, 1.54) is 18.2 Å². The lowest BCUT2D eigenvalue weighted by Gasteiger charge is -2.08. The molecule has 0 spiro atoms. The van der Waals surface area contributed by atoms with Crippen molar-refractivity contribution >= 4 is 17.5 Å². The molecule has 5 heteroatoms. The van der Waals surface area contributed by atoms with Gasteiger partial charge in [0.25, 0.3) is 0 Å². The number of halogens is 2. The van der Waals surface area contributed by atoms with Crippen molar-refractivity contribution in [3.63, 3.8) is 0 Å². The number of carbonyl (C=O) groups excluding carboxylic acids is 1. The Morgan fingerprint density at radius 3 is 2.88 bits per heavy atom. The van der Waals surface area contributed by atoms with Gasteiger partial charge in [0.1, 0.15) is 5.82 Å². The monoisotopic (exact) mass is 245 g/mol. The fourth-order valence-electron chi connectivity index (χ4n) is 1.19. The van der Waals surface area contributed by atoms with Gasteiger partial charge in [-0.15, -0.1) is 0 Å². The van der Waals surface area contributed by atoms with Crippen molar-refractivity contribution in [3.8, 4) is 0 Å². The number of nitrogens with one attached hydrogen (secondary N) is 1. The van der Waals surface area contributed by atoms with Crippen molar-refractivity contribution in [2.45, 2.75) is 19.4 Å². The molecule has 3 nitrogen and oxygen atoms in total. The molecule has 88 valence electrons. The number of hydrogen-bond donors (Lipinski definition) is 2. The van der Waals surface area contributed by atoms with Crippen LogP contribution < -0.4 is 5.32 Å². The highest BCUT2D eigenvalue weighted by Gasteiger charge is 2.11. The first-order valence-corrected chi connectivity index (χ1v) is 5.26. The van der Waals surface area contributed by atoms with Crippen LogP contribution in [0.3, 0.4) is 0 Å². The van der Waals surface area contributed by atoms with Gasteiger partial charge < -0.3 is 10.4 Å². The second-order valence-electron chi connectivity index (χ2n) is 3.53. The summed E-state index contributed by atoms with van der Waals surface area (Å²) in [7, 11) is 0. The molecule has 0 radical (unpaired) electrons. The van der Waals surface area contributed by atoms with E-state index < -0.39 is 11.9 Å². The molecule has 1 amide bonds.